The maximum Gasteiger partial charge on any atom is 0.161 e. The lowest BCUT2D eigenvalue weighted by Gasteiger charge is -2.10. The maximum atomic E-state index is 5.33. The summed E-state index contributed by atoms with van der Waals surface area (Å²) in [4.78, 5) is 0. The van der Waals surface area contributed by atoms with Gasteiger partial charge in [0.1, 0.15) is 0 Å². The van der Waals surface area contributed by atoms with Gasteiger partial charge in [-0.25, -0.2) is 0 Å². The molecule has 0 fully saturated rings. The molecular formula is C19H19N3O2. The quantitative estimate of drug-likeness (QED) is 0.763. The van der Waals surface area contributed by atoms with Crippen LogP contribution in [0, 0.1) is 6.92 Å². The van der Waals surface area contributed by atoms with Crippen molar-refractivity contribution in [1.82, 2.24) is 10.2 Å². The third-order valence-electron chi connectivity index (χ3n) is 3.75. The fourth-order valence-electron chi connectivity index (χ4n) is 2.40. The van der Waals surface area contributed by atoms with Gasteiger partial charge in [0.2, 0.25) is 0 Å². The van der Waals surface area contributed by atoms with Crippen molar-refractivity contribution in [3.8, 4) is 22.8 Å². The van der Waals surface area contributed by atoms with E-state index in [0.717, 1.165) is 22.5 Å². The number of hydrogen-bond acceptors (Lipinski definition) is 5. The van der Waals surface area contributed by atoms with Crippen molar-refractivity contribution >= 4 is 11.5 Å². The number of rotatable bonds is 5. The van der Waals surface area contributed by atoms with Crippen molar-refractivity contribution < 1.29 is 9.47 Å². The molecule has 3 aromatic rings. The minimum Gasteiger partial charge on any atom is -0.493 e. The van der Waals surface area contributed by atoms with Gasteiger partial charge in [-0.2, -0.15) is 0 Å². The molecule has 0 unspecified atom stereocenters. The summed E-state index contributed by atoms with van der Waals surface area (Å²) < 4.78 is 10.6. The van der Waals surface area contributed by atoms with Gasteiger partial charge in [0, 0.05) is 11.3 Å². The Morgan fingerprint density at radius 1 is 0.833 bits per heavy atom. The van der Waals surface area contributed by atoms with Crippen LogP contribution in [0.5, 0.6) is 11.5 Å². The van der Waals surface area contributed by atoms with Gasteiger partial charge in [-0.1, -0.05) is 18.2 Å². The van der Waals surface area contributed by atoms with Crippen LogP contribution in [0.2, 0.25) is 0 Å². The van der Waals surface area contributed by atoms with E-state index in [0.29, 0.717) is 17.3 Å². The standard InChI is InChI=1S/C19H19N3O2/c1-13-6-4-5-7-15(13)20-19-11-9-16(21-22-19)14-8-10-17(23-2)18(12-14)24-3/h4-12H,1-3H3,(H,20,22). The van der Waals surface area contributed by atoms with E-state index in [-0.39, 0.29) is 0 Å². The number of anilines is 2. The number of aryl methyl sites for hydroxylation is 1. The van der Waals surface area contributed by atoms with Crippen molar-refractivity contribution in [2.45, 2.75) is 6.92 Å². The monoisotopic (exact) mass is 321 g/mol. The molecule has 0 spiro atoms. The maximum absolute atomic E-state index is 5.33. The molecule has 0 saturated heterocycles. The second-order valence-corrected chi connectivity index (χ2v) is 5.31. The van der Waals surface area contributed by atoms with Crippen molar-refractivity contribution in [3.05, 3.63) is 60.2 Å². The summed E-state index contributed by atoms with van der Waals surface area (Å²) in [5.74, 6) is 2.06. The van der Waals surface area contributed by atoms with E-state index in [4.69, 9.17) is 9.47 Å². The SMILES string of the molecule is COc1ccc(-c2ccc(Nc3ccccc3C)nn2)cc1OC. The summed E-state index contributed by atoms with van der Waals surface area (Å²) in [6.07, 6.45) is 0. The summed E-state index contributed by atoms with van der Waals surface area (Å²) in [7, 11) is 3.23. The molecule has 0 atom stereocenters. The Bertz CT molecular complexity index is 832. The van der Waals surface area contributed by atoms with Crippen LogP contribution >= 0.6 is 0 Å². The summed E-state index contributed by atoms with van der Waals surface area (Å²) in [6, 6.07) is 17.6. The Kier molecular flexibility index (Phi) is 4.61. The van der Waals surface area contributed by atoms with Crippen molar-refractivity contribution in [2.24, 2.45) is 0 Å². The number of nitrogens with one attached hydrogen (secondary N) is 1. The van der Waals surface area contributed by atoms with Crippen molar-refractivity contribution in [1.29, 1.82) is 0 Å². The normalized spacial score (nSPS) is 10.3. The van der Waals surface area contributed by atoms with E-state index in [1.165, 1.54) is 0 Å². The van der Waals surface area contributed by atoms with E-state index in [2.05, 4.69) is 15.5 Å². The minimum atomic E-state index is 0.666. The summed E-state index contributed by atoms with van der Waals surface area (Å²) in [6.45, 7) is 2.05. The topological polar surface area (TPSA) is 56.3 Å². The van der Waals surface area contributed by atoms with Crippen LogP contribution in [0.3, 0.4) is 0 Å². The Morgan fingerprint density at radius 2 is 1.62 bits per heavy atom. The molecule has 0 aliphatic carbocycles. The first-order valence-corrected chi connectivity index (χ1v) is 7.60. The molecule has 2 aromatic carbocycles. The second kappa shape index (κ2) is 7.00. The highest BCUT2D eigenvalue weighted by molar-refractivity contribution is 5.66. The Balaban J connectivity index is 1.83. The van der Waals surface area contributed by atoms with Gasteiger partial charge in [0.25, 0.3) is 0 Å². The van der Waals surface area contributed by atoms with Crippen molar-refractivity contribution in [3.63, 3.8) is 0 Å². The molecule has 0 radical (unpaired) electrons. The van der Waals surface area contributed by atoms with E-state index in [9.17, 15) is 0 Å². The third-order valence-corrected chi connectivity index (χ3v) is 3.75. The lowest BCUT2D eigenvalue weighted by atomic mass is 10.1. The van der Waals surface area contributed by atoms with Crippen LogP contribution in [0.1, 0.15) is 5.56 Å². The molecule has 5 heteroatoms. The number of methoxy groups -OCH3 is 2. The zero-order chi connectivity index (χ0) is 16.9. The average Bonchev–Trinajstić information content (AvgIpc) is 2.63. The summed E-state index contributed by atoms with van der Waals surface area (Å²) in [5, 5.41) is 11.8. The van der Waals surface area contributed by atoms with Gasteiger partial charge >= 0.3 is 0 Å². The third kappa shape index (κ3) is 3.30. The molecule has 24 heavy (non-hydrogen) atoms. The predicted molar refractivity (Wildman–Crippen MR) is 95.0 cm³/mol. The smallest absolute Gasteiger partial charge is 0.161 e. The highest BCUT2D eigenvalue weighted by atomic mass is 16.5. The molecule has 0 bridgehead atoms. The van der Waals surface area contributed by atoms with Gasteiger partial charge in [-0.05, 0) is 48.9 Å². The van der Waals surface area contributed by atoms with Crippen molar-refractivity contribution in [2.75, 3.05) is 19.5 Å². The van der Waals surface area contributed by atoms with Gasteiger partial charge in [0.15, 0.2) is 17.3 Å². The Morgan fingerprint density at radius 3 is 2.29 bits per heavy atom. The highest BCUT2D eigenvalue weighted by Crippen LogP contribution is 2.31. The Hall–Kier alpha value is -3.08. The molecule has 0 aliphatic heterocycles. The Labute approximate surface area is 141 Å². The molecule has 3 rings (SSSR count). The fraction of sp³-hybridized carbons (Fsp3) is 0.158. The second-order valence-electron chi connectivity index (χ2n) is 5.31. The first kappa shape index (κ1) is 15.8. The zero-order valence-electron chi connectivity index (χ0n) is 13.9. The van der Waals surface area contributed by atoms with Crippen LogP contribution in [0.25, 0.3) is 11.3 Å². The van der Waals surface area contributed by atoms with Crippen LogP contribution in [-0.4, -0.2) is 24.4 Å². The zero-order valence-corrected chi connectivity index (χ0v) is 13.9. The van der Waals surface area contributed by atoms with E-state index >= 15 is 0 Å². The number of aromatic nitrogens is 2. The average molecular weight is 321 g/mol. The number of para-hydroxylation sites is 1. The highest BCUT2D eigenvalue weighted by Gasteiger charge is 2.08. The predicted octanol–water partition coefficient (Wildman–Crippen LogP) is 4.21. The molecule has 5 nitrogen and oxygen atoms in total. The van der Waals surface area contributed by atoms with Gasteiger partial charge in [-0.3, -0.25) is 0 Å². The first-order valence-electron chi connectivity index (χ1n) is 7.60. The van der Waals surface area contributed by atoms with Gasteiger partial charge in [-0.15, -0.1) is 10.2 Å². The molecule has 122 valence electrons. The number of benzene rings is 2. The lowest BCUT2D eigenvalue weighted by Crippen LogP contribution is -1.98. The molecule has 0 aliphatic rings. The first-order chi connectivity index (χ1) is 11.7. The number of hydrogen-bond donors (Lipinski definition) is 1. The van der Waals surface area contributed by atoms with Crippen LogP contribution < -0.4 is 14.8 Å². The van der Waals surface area contributed by atoms with E-state index < -0.39 is 0 Å². The summed E-state index contributed by atoms with van der Waals surface area (Å²) >= 11 is 0. The van der Waals surface area contributed by atoms with Crippen LogP contribution in [0.15, 0.2) is 54.6 Å². The molecule has 0 amide bonds. The molecule has 1 heterocycles. The molecule has 1 N–H and O–H groups in total. The molecular weight excluding hydrogens is 302 g/mol. The van der Waals surface area contributed by atoms with E-state index in [1.54, 1.807) is 14.2 Å². The fourth-order valence-corrected chi connectivity index (χ4v) is 2.40. The largest absolute Gasteiger partial charge is 0.493 e. The van der Waals surface area contributed by atoms with Crippen LogP contribution in [-0.2, 0) is 0 Å². The number of ether oxygens (including phenoxy) is 2. The molecule has 1 aromatic heterocycles. The van der Waals surface area contributed by atoms with Gasteiger partial charge < -0.3 is 14.8 Å². The molecule has 0 saturated carbocycles. The number of nitrogens with zero attached hydrogens (tertiary/aromatic N) is 2. The minimum absolute atomic E-state index is 0.666. The van der Waals surface area contributed by atoms with E-state index in [1.807, 2.05) is 61.5 Å². The van der Waals surface area contributed by atoms with Crippen LogP contribution in [0.4, 0.5) is 11.5 Å². The summed E-state index contributed by atoms with van der Waals surface area (Å²) in [5.41, 5.74) is 3.86. The van der Waals surface area contributed by atoms with Gasteiger partial charge in [0.05, 0.1) is 19.9 Å². The lowest BCUT2D eigenvalue weighted by molar-refractivity contribution is 0.355.